The van der Waals surface area contributed by atoms with Gasteiger partial charge in [-0.3, -0.25) is 0 Å². The second kappa shape index (κ2) is 9.13. The first-order valence-electron chi connectivity index (χ1n) is 5.90. The molecule has 0 unspecified atom stereocenters. The van der Waals surface area contributed by atoms with Gasteiger partial charge in [0.2, 0.25) is 0 Å². The van der Waals surface area contributed by atoms with Crippen LogP contribution >= 0.6 is 0 Å². The maximum absolute atomic E-state index is 5.39. The van der Waals surface area contributed by atoms with Crippen LogP contribution in [0.3, 0.4) is 0 Å². The number of rotatable bonds is 10. The van der Waals surface area contributed by atoms with Crippen LogP contribution in [-0.4, -0.2) is 40.0 Å². The molecule has 0 atom stereocenters. The third kappa shape index (κ3) is 10.2. The molecule has 0 aliphatic heterocycles. The molecule has 0 saturated carbocycles. The van der Waals surface area contributed by atoms with Crippen LogP contribution in [0, 0.1) is 5.41 Å². The van der Waals surface area contributed by atoms with Crippen molar-refractivity contribution >= 4 is 0 Å². The van der Waals surface area contributed by atoms with E-state index < -0.39 is 0 Å². The van der Waals surface area contributed by atoms with E-state index in [-0.39, 0.29) is 0 Å². The highest BCUT2D eigenvalue weighted by Crippen LogP contribution is 2.18. The molecule has 0 amide bonds. The zero-order valence-corrected chi connectivity index (χ0v) is 10.8. The van der Waals surface area contributed by atoms with Crippen LogP contribution in [0.1, 0.15) is 33.6 Å². The molecule has 0 aromatic heterocycles. The summed E-state index contributed by atoms with van der Waals surface area (Å²) in [5.74, 6) is 0. The summed E-state index contributed by atoms with van der Waals surface area (Å²) in [4.78, 5) is 0. The van der Waals surface area contributed by atoms with E-state index >= 15 is 0 Å². The number of methoxy groups -OCH3 is 1. The average Bonchev–Trinajstić information content (AvgIpc) is 2.20. The smallest absolute Gasteiger partial charge is 0.0590 e. The number of hydrogen-bond acceptors (Lipinski definition) is 3. The molecule has 1 N–H and O–H groups in total. The van der Waals surface area contributed by atoms with Gasteiger partial charge in [0.25, 0.3) is 0 Å². The molecule has 0 bridgehead atoms. The molecule has 0 heterocycles. The summed E-state index contributed by atoms with van der Waals surface area (Å²) < 4.78 is 10.5. The predicted molar refractivity (Wildman–Crippen MR) is 64.3 cm³/mol. The van der Waals surface area contributed by atoms with Gasteiger partial charge in [0.15, 0.2) is 0 Å². The van der Waals surface area contributed by atoms with Gasteiger partial charge < -0.3 is 14.8 Å². The van der Waals surface area contributed by atoms with E-state index in [9.17, 15) is 0 Å². The van der Waals surface area contributed by atoms with Crippen LogP contribution in [0.15, 0.2) is 0 Å². The first-order valence-corrected chi connectivity index (χ1v) is 5.90. The first-order chi connectivity index (χ1) is 7.12. The van der Waals surface area contributed by atoms with Gasteiger partial charge in [0.1, 0.15) is 0 Å². The molecule has 92 valence electrons. The summed E-state index contributed by atoms with van der Waals surface area (Å²) in [7, 11) is 1.75. The molecule has 0 aliphatic rings. The highest BCUT2D eigenvalue weighted by atomic mass is 16.5. The van der Waals surface area contributed by atoms with E-state index in [0.29, 0.717) is 5.41 Å². The summed E-state index contributed by atoms with van der Waals surface area (Å²) in [6.07, 6.45) is 2.19. The molecule has 0 rings (SSSR count). The molecular formula is C12H27NO2. The quantitative estimate of drug-likeness (QED) is 0.568. The van der Waals surface area contributed by atoms with Gasteiger partial charge in [-0.05, 0) is 18.3 Å². The van der Waals surface area contributed by atoms with Gasteiger partial charge in [0, 0.05) is 33.4 Å². The monoisotopic (exact) mass is 217 g/mol. The molecule has 0 spiro atoms. The summed E-state index contributed by atoms with van der Waals surface area (Å²) in [6.45, 7) is 11.1. The number of nitrogens with one attached hydrogen (secondary N) is 1. The Balaban J connectivity index is 3.32. The SMILES string of the molecule is CCCOCCNCC(C)(C)CCOC. The minimum atomic E-state index is 0.306. The second-order valence-electron chi connectivity index (χ2n) is 4.70. The normalized spacial score (nSPS) is 12.0. The van der Waals surface area contributed by atoms with Crippen molar-refractivity contribution in [2.45, 2.75) is 33.6 Å². The third-order valence-corrected chi connectivity index (χ3v) is 2.36. The molecule has 0 saturated heterocycles. The van der Waals surface area contributed by atoms with E-state index in [1.807, 2.05) is 0 Å². The van der Waals surface area contributed by atoms with Crippen LogP contribution in [0.2, 0.25) is 0 Å². The lowest BCUT2D eigenvalue weighted by atomic mass is 9.90. The van der Waals surface area contributed by atoms with Gasteiger partial charge in [0.05, 0.1) is 6.61 Å². The van der Waals surface area contributed by atoms with E-state index in [1.54, 1.807) is 7.11 Å². The van der Waals surface area contributed by atoms with Crippen molar-refractivity contribution in [2.75, 3.05) is 40.0 Å². The maximum Gasteiger partial charge on any atom is 0.0590 e. The first kappa shape index (κ1) is 14.9. The number of hydrogen-bond donors (Lipinski definition) is 1. The Morgan fingerprint density at radius 2 is 1.87 bits per heavy atom. The maximum atomic E-state index is 5.39. The van der Waals surface area contributed by atoms with Crippen molar-refractivity contribution in [3.8, 4) is 0 Å². The zero-order chi connectivity index (χ0) is 11.6. The fourth-order valence-corrected chi connectivity index (χ4v) is 1.28. The van der Waals surface area contributed by atoms with E-state index in [1.165, 1.54) is 0 Å². The molecule has 0 aromatic rings. The summed E-state index contributed by atoms with van der Waals surface area (Å²) in [5.41, 5.74) is 0.306. The van der Waals surface area contributed by atoms with E-state index in [0.717, 1.165) is 45.8 Å². The van der Waals surface area contributed by atoms with Crippen LogP contribution < -0.4 is 5.32 Å². The minimum absolute atomic E-state index is 0.306. The topological polar surface area (TPSA) is 30.5 Å². The molecular weight excluding hydrogens is 190 g/mol. The highest BCUT2D eigenvalue weighted by Gasteiger charge is 2.16. The summed E-state index contributed by atoms with van der Waals surface area (Å²) >= 11 is 0. The third-order valence-electron chi connectivity index (χ3n) is 2.36. The Kier molecular flexibility index (Phi) is 9.06. The Bertz CT molecular complexity index is 138. The molecule has 15 heavy (non-hydrogen) atoms. The molecule has 0 fully saturated rings. The minimum Gasteiger partial charge on any atom is -0.385 e. The van der Waals surface area contributed by atoms with Crippen molar-refractivity contribution < 1.29 is 9.47 Å². The number of ether oxygens (including phenoxy) is 2. The lowest BCUT2D eigenvalue weighted by Gasteiger charge is -2.24. The fraction of sp³-hybridized carbons (Fsp3) is 1.00. The van der Waals surface area contributed by atoms with Crippen LogP contribution in [0.25, 0.3) is 0 Å². The van der Waals surface area contributed by atoms with Gasteiger partial charge in [-0.1, -0.05) is 20.8 Å². The Hall–Kier alpha value is -0.120. The Morgan fingerprint density at radius 1 is 1.13 bits per heavy atom. The van der Waals surface area contributed by atoms with Gasteiger partial charge in [-0.2, -0.15) is 0 Å². The van der Waals surface area contributed by atoms with Crippen LogP contribution in [0.5, 0.6) is 0 Å². The Labute approximate surface area is 94.5 Å². The van der Waals surface area contributed by atoms with Crippen molar-refractivity contribution in [2.24, 2.45) is 5.41 Å². The van der Waals surface area contributed by atoms with Crippen LogP contribution in [0.4, 0.5) is 0 Å². The second-order valence-corrected chi connectivity index (χ2v) is 4.70. The van der Waals surface area contributed by atoms with Gasteiger partial charge >= 0.3 is 0 Å². The van der Waals surface area contributed by atoms with Crippen LogP contribution in [-0.2, 0) is 9.47 Å². The van der Waals surface area contributed by atoms with E-state index in [4.69, 9.17) is 9.47 Å². The lowest BCUT2D eigenvalue weighted by Crippen LogP contribution is -2.32. The van der Waals surface area contributed by atoms with Gasteiger partial charge in [-0.15, -0.1) is 0 Å². The standard InChI is InChI=1S/C12H27NO2/c1-5-8-15-10-7-13-11-12(2,3)6-9-14-4/h13H,5-11H2,1-4H3. The van der Waals surface area contributed by atoms with Crippen molar-refractivity contribution in [3.63, 3.8) is 0 Å². The van der Waals surface area contributed by atoms with Crippen molar-refractivity contribution in [3.05, 3.63) is 0 Å². The van der Waals surface area contributed by atoms with Crippen molar-refractivity contribution in [1.29, 1.82) is 0 Å². The summed E-state index contributed by atoms with van der Waals surface area (Å²) in [6, 6.07) is 0. The highest BCUT2D eigenvalue weighted by molar-refractivity contribution is 4.71. The Morgan fingerprint density at radius 3 is 2.47 bits per heavy atom. The molecule has 3 nitrogen and oxygen atoms in total. The lowest BCUT2D eigenvalue weighted by molar-refractivity contribution is 0.128. The molecule has 0 aromatic carbocycles. The zero-order valence-electron chi connectivity index (χ0n) is 10.8. The molecule has 0 aliphatic carbocycles. The van der Waals surface area contributed by atoms with Crippen molar-refractivity contribution in [1.82, 2.24) is 5.32 Å². The van der Waals surface area contributed by atoms with Gasteiger partial charge in [-0.25, -0.2) is 0 Å². The predicted octanol–water partition coefficient (Wildman–Crippen LogP) is 2.07. The molecule has 0 radical (unpaired) electrons. The van der Waals surface area contributed by atoms with E-state index in [2.05, 4.69) is 26.1 Å². The largest absolute Gasteiger partial charge is 0.385 e. The fourth-order valence-electron chi connectivity index (χ4n) is 1.28. The molecule has 3 heteroatoms. The summed E-state index contributed by atoms with van der Waals surface area (Å²) in [5, 5.41) is 3.41. The average molecular weight is 217 g/mol.